The first-order valence-electron chi connectivity index (χ1n) is 7.57. The van der Waals surface area contributed by atoms with Gasteiger partial charge in [-0.1, -0.05) is 11.6 Å². The second kappa shape index (κ2) is 6.96. The summed E-state index contributed by atoms with van der Waals surface area (Å²) >= 11 is 5.83. The lowest BCUT2D eigenvalue weighted by molar-refractivity contribution is -0.141. The van der Waals surface area contributed by atoms with Crippen LogP contribution in [-0.2, 0) is 16.1 Å². The fourth-order valence-electron chi connectivity index (χ4n) is 2.76. The Labute approximate surface area is 142 Å². The normalized spacial score (nSPS) is 20.0. The van der Waals surface area contributed by atoms with Crippen LogP contribution in [-0.4, -0.2) is 43.2 Å². The molecule has 24 heavy (non-hydrogen) atoms. The molecule has 9 heteroatoms. The molecule has 1 aliphatic carbocycles. The Bertz CT molecular complexity index is 746. The maximum Gasteiger partial charge on any atom is 0.306 e. The lowest BCUT2D eigenvalue weighted by Crippen LogP contribution is -2.36. The van der Waals surface area contributed by atoms with Gasteiger partial charge in [0.05, 0.1) is 5.92 Å². The van der Waals surface area contributed by atoms with Crippen molar-refractivity contribution in [3.63, 3.8) is 0 Å². The molecule has 1 aliphatic rings. The zero-order valence-corrected chi connectivity index (χ0v) is 13.5. The fraction of sp³-hybridized carbons (Fsp3) is 0.400. The highest BCUT2D eigenvalue weighted by atomic mass is 35.5. The molecule has 126 valence electrons. The molecule has 3 rings (SSSR count). The number of carbonyl (C=O) groups is 2. The summed E-state index contributed by atoms with van der Waals surface area (Å²) in [5, 5.41) is 24.4. The van der Waals surface area contributed by atoms with Crippen LogP contribution < -0.4 is 5.32 Å². The first kappa shape index (κ1) is 16.4. The number of carboxylic acids is 1. The van der Waals surface area contributed by atoms with Crippen LogP contribution in [0.25, 0.3) is 11.4 Å². The lowest BCUT2D eigenvalue weighted by atomic mass is 10.1. The van der Waals surface area contributed by atoms with E-state index in [9.17, 15) is 9.59 Å². The number of halogens is 1. The number of hydrogen-bond donors (Lipinski definition) is 2. The number of carboxylic acid groups (broad SMARTS) is 1. The van der Waals surface area contributed by atoms with Crippen molar-refractivity contribution in [1.29, 1.82) is 0 Å². The van der Waals surface area contributed by atoms with Gasteiger partial charge in [0.15, 0.2) is 0 Å². The van der Waals surface area contributed by atoms with Gasteiger partial charge in [-0.25, -0.2) is 0 Å². The van der Waals surface area contributed by atoms with Crippen molar-refractivity contribution in [2.45, 2.75) is 31.8 Å². The maximum atomic E-state index is 12.0. The molecule has 2 aromatic rings. The van der Waals surface area contributed by atoms with Crippen LogP contribution in [0, 0.1) is 5.92 Å². The first-order chi connectivity index (χ1) is 11.5. The van der Waals surface area contributed by atoms with Gasteiger partial charge in [0.1, 0.15) is 6.54 Å². The predicted molar refractivity (Wildman–Crippen MR) is 85.2 cm³/mol. The average Bonchev–Trinajstić information content (AvgIpc) is 3.17. The van der Waals surface area contributed by atoms with Crippen LogP contribution in [0.5, 0.6) is 0 Å². The molecule has 1 aromatic heterocycles. The highest BCUT2D eigenvalue weighted by molar-refractivity contribution is 6.30. The zero-order valence-electron chi connectivity index (χ0n) is 12.7. The summed E-state index contributed by atoms with van der Waals surface area (Å²) < 4.78 is 0. The van der Waals surface area contributed by atoms with E-state index >= 15 is 0 Å². The third-order valence-electron chi connectivity index (χ3n) is 3.99. The molecule has 0 aliphatic heterocycles. The van der Waals surface area contributed by atoms with Gasteiger partial charge in [0, 0.05) is 16.6 Å². The van der Waals surface area contributed by atoms with Gasteiger partial charge in [-0.05, 0) is 48.7 Å². The summed E-state index contributed by atoms with van der Waals surface area (Å²) in [7, 11) is 0. The Morgan fingerprint density at radius 3 is 2.71 bits per heavy atom. The number of nitrogens with one attached hydrogen (secondary N) is 1. The van der Waals surface area contributed by atoms with Gasteiger partial charge < -0.3 is 10.4 Å². The van der Waals surface area contributed by atoms with Crippen LogP contribution in [0.2, 0.25) is 5.02 Å². The number of hydrogen-bond acceptors (Lipinski definition) is 5. The lowest BCUT2D eigenvalue weighted by Gasteiger charge is -2.11. The number of carbonyl (C=O) groups excluding carboxylic acids is 1. The van der Waals surface area contributed by atoms with Crippen LogP contribution >= 0.6 is 11.6 Å². The van der Waals surface area contributed by atoms with Crippen molar-refractivity contribution in [2.24, 2.45) is 5.92 Å². The van der Waals surface area contributed by atoms with Gasteiger partial charge in [0.2, 0.25) is 11.7 Å². The molecule has 1 saturated carbocycles. The quantitative estimate of drug-likeness (QED) is 0.843. The molecule has 0 spiro atoms. The zero-order chi connectivity index (χ0) is 17.1. The van der Waals surface area contributed by atoms with E-state index < -0.39 is 5.97 Å². The number of benzene rings is 1. The van der Waals surface area contributed by atoms with Gasteiger partial charge in [-0.2, -0.15) is 4.80 Å². The average molecular weight is 350 g/mol. The Morgan fingerprint density at radius 1 is 1.29 bits per heavy atom. The van der Waals surface area contributed by atoms with E-state index in [-0.39, 0.29) is 24.4 Å². The largest absolute Gasteiger partial charge is 0.481 e. The van der Waals surface area contributed by atoms with Crippen molar-refractivity contribution < 1.29 is 14.7 Å². The minimum absolute atomic E-state index is 0.0607. The number of aliphatic carboxylic acids is 1. The van der Waals surface area contributed by atoms with E-state index in [1.165, 1.54) is 4.80 Å². The van der Waals surface area contributed by atoms with Crippen molar-refractivity contribution in [2.75, 3.05) is 0 Å². The molecule has 8 nitrogen and oxygen atoms in total. The van der Waals surface area contributed by atoms with E-state index in [1.54, 1.807) is 24.3 Å². The van der Waals surface area contributed by atoms with E-state index in [4.69, 9.17) is 16.7 Å². The summed E-state index contributed by atoms with van der Waals surface area (Å²) in [4.78, 5) is 24.2. The topological polar surface area (TPSA) is 110 Å². The monoisotopic (exact) mass is 349 g/mol. The summed E-state index contributed by atoms with van der Waals surface area (Å²) in [6.07, 6.45) is 1.72. The van der Waals surface area contributed by atoms with E-state index in [1.807, 2.05) is 0 Å². The Hall–Kier alpha value is -2.48. The van der Waals surface area contributed by atoms with Crippen molar-refractivity contribution >= 4 is 23.5 Å². The molecule has 0 unspecified atom stereocenters. The second-order valence-electron chi connectivity index (χ2n) is 5.76. The minimum Gasteiger partial charge on any atom is -0.481 e. The van der Waals surface area contributed by atoms with E-state index in [0.29, 0.717) is 30.1 Å². The summed E-state index contributed by atoms with van der Waals surface area (Å²) in [5.74, 6) is -1.04. The summed E-state index contributed by atoms with van der Waals surface area (Å²) in [5.41, 5.74) is 0.756. The van der Waals surface area contributed by atoms with Crippen LogP contribution in [0.1, 0.15) is 19.3 Å². The molecule has 2 atom stereocenters. The minimum atomic E-state index is -0.808. The highest BCUT2D eigenvalue weighted by Gasteiger charge is 2.30. The molecule has 0 saturated heterocycles. The van der Waals surface area contributed by atoms with Crippen LogP contribution in [0.15, 0.2) is 24.3 Å². The number of aromatic nitrogens is 4. The smallest absolute Gasteiger partial charge is 0.306 e. The van der Waals surface area contributed by atoms with Gasteiger partial charge in [0.25, 0.3) is 0 Å². The van der Waals surface area contributed by atoms with E-state index in [0.717, 1.165) is 5.56 Å². The van der Waals surface area contributed by atoms with Gasteiger partial charge in [-0.3, -0.25) is 9.59 Å². The second-order valence-corrected chi connectivity index (χ2v) is 6.20. The number of tetrazole rings is 1. The van der Waals surface area contributed by atoms with Crippen LogP contribution in [0.4, 0.5) is 0 Å². The maximum absolute atomic E-state index is 12.0. The van der Waals surface area contributed by atoms with E-state index in [2.05, 4.69) is 20.7 Å². The molecular formula is C15H16ClN5O3. The van der Waals surface area contributed by atoms with Crippen molar-refractivity contribution in [3.05, 3.63) is 29.3 Å². The highest BCUT2D eigenvalue weighted by Crippen LogP contribution is 2.25. The number of rotatable bonds is 5. The molecule has 1 amide bonds. The van der Waals surface area contributed by atoms with Crippen LogP contribution in [0.3, 0.4) is 0 Å². The van der Waals surface area contributed by atoms with Gasteiger partial charge in [-0.15, -0.1) is 10.2 Å². The SMILES string of the molecule is O=C(Cn1nnc(-c2ccc(Cl)cc2)n1)N[C@H]1CC[C@@H](C(=O)O)C1. The summed E-state index contributed by atoms with van der Waals surface area (Å²) in [6.45, 7) is -0.0607. The molecular weight excluding hydrogens is 334 g/mol. The molecule has 1 fully saturated rings. The Balaban J connectivity index is 1.56. The number of amides is 1. The third kappa shape index (κ3) is 3.88. The summed E-state index contributed by atoms with van der Waals surface area (Å²) in [6, 6.07) is 6.88. The van der Waals surface area contributed by atoms with Gasteiger partial charge >= 0.3 is 5.97 Å². The third-order valence-corrected chi connectivity index (χ3v) is 4.24. The Kier molecular flexibility index (Phi) is 4.75. The molecule has 0 bridgehead atoms. The predicted octanol–water partition coefficient (Wildman–Crippen LogP) is 1.36. The molecule has 1 aromatic carbocycles. The standard InChI is InChI=1S/C15H16ClN5O3/c16-11-4-1-9(2-5-11)14-18-20-21(19-14)8-13(22)17-12-6-3-10(7-12)15(23)24/h1-2,4-5,10,12H,3,6-8H2,(H,17,22)(H,23,24)/t10-,12+/m1/s1. The van der Waals surface area contributed by atoms with Crippen molar-refractivity contribution in [3.8, 4) is 11.4 Å². The number of nitrogens with zero attached hydrogens (tertiary/aromatic N) is 4. The van der Waals surface area contributed by atoms with Crippen molar-refractivity contribution in [1.82, 2.24) is 25.5 Å². The first-order valence-corrected chi connectivity index (χ1v) is 7.95. The molecule has 2 N–H and O–H groups in total. The molecule has 0 radical (unpaired) electrons. The molecule has 1 heterocycles. The Morgan fingerprint density at radius 2 is 2.04 bits per heavy atom. The fourth-order valence-corrected chi connectivity index (χ4v) is 2.89.